The zero-order valence-corrected chi connectivity index (χ0v) is 14.0. The molecule has 0 saturated carbocycles. The SMILES string of the molecule is COc1ccc(C[C@@]2(n3ccc(=O)[nH]c3=O)O[C@H](CO)[C@@H](O)[C@H]2O)cc1. The fraction of sp³-hybridized carbons (Fsp3) is 0.412. The van der Waals surface area contributed by atoms with E-state index in [1.807, 2.05) is 0 Å². The van der Waals surface area contributed by atoms with Gasteiger partial charge in [0.15, 0.2) is 5.72 Å². The molecule has 1 saturated heterocycles. The maximum absolute atomic E-state index is 12.3. The summed E-state index contributed by atoms with van der Waals surface area (Å²) in [6.45, 7) is -0.541. The highest BCUT2D eigenvalue weighted by Gasteiger charge is 2.55. The largest absolute Gasteiger partial charge is 0.497 e. The second-order valence-corrected chi connectivity index (χ2v) is 6.12. The third-order valence-electron chi connectivity index (χ3n) is 4.55. The van der Waals surface area contributed by atoms with Crippen molar-refractivity contribution in [3.05, 3.63) is 62.9 Å². The summed E-state index contributed by atoms with van der Waals surface area (Å²) < 4.78 is 11.9. The molecule has 0 spiro atoms. The van der Waals surface area contributed by atoms with E-state index in [9.17, 15) is 24.9 Å². The lowest BCUT2D eigenvalue weighted by atomic mass is 9.94. The Labute approximate surface area is 148 Å². The van der Waals surface area contributed by atoms with E-state index in [-0.39, 0.29) is 6.42 Å². The number of hydrogen-bond acceptors (Lipinski definition) is 7. The number of aromatic amines is 1. The topological polar surface area (TPSA) is 134 Å². The molecule has 9 heteroatoms. The Hall–Kier alpha value is -2.46. The number of aliphatic hydroxyl groups excluding tert-OH is 3. The van der Waals surface area contributed by atoms with Gasteiger partial charge in [0.25, 0.3) is 5.56 Å². The van der Waals surface area contributed by atoms with Gasteiger partial charge >= 0.3 is 5.69 Å². The van der Waals surface area contributed by atoms with E-state index in [1.54, 1.807) is 24.3 Å². The molecule has 3 rings (SSSR count). The molecule has 0 unspecified atom stereocenters. The standard InChI is InChI=1S/C17H20N2O7/c1-25-11-4-2-10(3-5-11)8-17(15(23)14(22)12(9-20)26-17)19-7-6-13(21)18-16(19)24/h2-7,12,14-15,20,22-23H,8-9H2,1H3,(H,18,21,24)/t12-,14-,15-,17-/m1/s1. The molecule has 1 aliphatic heterocycles. The maximum Gasteiger partial charge on any atom is 0.330 e. The van der Waals surface area contributed by atoms with Crippen LogP contribution < -0.4 is 16.0 Å². The molecule has 1 aromatic carbocycles. The molecule has 4 atom stereocenters. The van der Waals surface area contributed by atoms with Gasteiger partial charge in [0, 0.05) is 18.7 Å². The molecule has 1 aromatic heterocycles. The van der Waals surface area contributed by atoms with Gasteiger partial charge in [-0.15, -0.1) is 0 Å². The second-order valence-electron chi connectivity index (χ2n) is 6.12. The van der Waals surface area contributed by atoms with Crippen LogP contribution in [0.3, 0.4) is 0 Å². The maximum atomic E-state index is 12.3. The molecule has 1 aliphatic rings. The summed E-state index contributed by atoms with van der Waals surface area (Å²) in [7, 11) is 1.53. The van der Waals surface area contributed by atoms with Gasteiger partial charge in [0.05, 0.1) is 13.7 Å². The molecule has 4 N–H and O–H groups in total. The Kier molecular flexibility index (Phi) is 4.97. The van der Waals surface area contributed by atoms with Crippen molar-refractivity contribution in [3.8, 4) is 5.75 Å². The fourth-order valence-electron chi connectivity index (χ4n) is 3.20. The number of nitrogens with one attached hydrogen (secondary N) is 1. The first-order chi connectivity index (χ1) is 12.4. The number of methoxy groups -OCH3 is 1. The summed E-state index contributed by atoms with van der Waals surface area (Å²) in [5, 5.41) is 30.3. The van der Waals surface area contributed by atoms with Gasteiger partial charge in [0.2, 0.25) is 0 Å². The van der Waals surface area contributed by atoms with Crippen LogP contribution in [0.4, 0.5) is 0 Å². The Bertz CT molecular complexity index is 876. The van der Waals surface area contributed by atoms with Crippen molar-refractivity contribution in [1.82, 2.24) is 9.55 Å². The molecular formula is C17H20N2O7. The lowest BCUT2D eigenvalue weighted by Gasteiger charge is -2.34. The van der Waals surface area contributed by atoms with E-state index in [0.29, 0.717) is 11.3 Å². The summed E-state index contributed by atoms with van der Waals surface area (Å²) in [6.07, 6.45) is -2.79. The van der Waals surface area contributed by atoms with Crippen LogP contribution in [0.2, 0.25) is 0 Å². The molecular weight excluding hydrogens is 344 g/mol. The first-order valence-electron chi connectivity index (χ1n) is 8.01. The van der Waals surface area contributed by atoms with Crippen LogP contribution in [0.5, 0.6) is 5.75 Å². The number of nitrogens with zero attached hydrogens (tertiary/aromatic N) is 1. The molecule has 0 aliphatic carbocycles. The molecule has 0 bridgehead atoms. The zero-order valence-electron chi connectivity index (χ0n) is 14.0. The van der Waals surface area contributed by atoms with Gasteiger partial charge in [0.1, 0.15) is 24.1 Å². The fourth-order valence-corrected chi connectivity index (χ4v) is 3.20. The van der Waals surface area contributed by atoms with E-state index in [4.69, 9.17) is 9.47 Å². The van der Waals surface area contributed by atoms with E-state index in [1.165, 1.54) is 13.3 Å². The van der Waals surface area contributed by atoms with Crippen molar-refractivity contribution in [2.45, 2.75) is 30.5 Å². The Morgan fingerprint density at radius 2 is 1.92 bits per heavy atom. The van der Waals surface area contributed by atoms with E-state index < -0.39 is 41.9 Å². The monoisotopic (exact) mass is 364 g/mol. The summed E-state index contributed by atoms with van der Waals surface area (Å²) in [4.78, 5) is 25.8. The molecule has 140 valence electrons. The van der Waals surface area contributed by atoms with Crippen molar-refractivity contribution >= 4 is 0 Å². The highest BCUT2D eigenvalue weighted by molar-refractivity contribution is 5.28. The van der Waals surface area contributed by atoms with Crippen molar-refractivity contribution in [1.29, 1.82) is 0 Å². The predicted octanol–water partition coefficient (Wildman–Crippen LogP) is -1.45. The lowest BCUT2D eigenvalue weighted by Crippen LogP contribution is -2.52. The highest BCUT2D eigenvalue weighted by atomic mass is 16.6. The Morgan fingerprint density at radius 3 is 2.46 bits per heavy atom. The van der Waals surface area contributed by atoms with Gasteiger partial charge in [-0.25, -0.2) is 4.79 Å². The van der Waals surface area contributed by atoms with Crippen LogP contribution in [0.15, 0.2) is 46.1 Å². The molecule has 9 nitrogen and oxygen atoms in total. The number of rotatable bonds is 5. The minimum atomic E-state index is -1.69. The Morgan fingerprint density at radius 1 is 1.23 bits per heavy atom. The van der Waals surface area contributed by atoms with E-state index in [0.717, 1.165) is 10.6 Å². The summed E-state index contributed by atoms with van der Waals surface area (Å²) in [5.41, 5.74) is -2.40. The lowest BCUT2D eigenvalue weighted by molar-refractivity contribution is -0.149. The van der Waals surface area contributed by atoms with Crippen LogP contribution in [0.25, 0.3) is 0 Å². The summed E-state index contributed by atoms with van der Waals surface area (Å²) >= 11 is 0. The number of hydrogen-bond donors (Lipinski definition) is 4. The molecule has 2 aromatic rings. The molecule has 0 radical (unpaired) electrons. The summed E-state index contributed by atoms with van der Waals surface area (Å²) in [5.74, 6) is 0.630. The van der Waals surface area contributed by atoms with E-state index in [2.05, 4.69) is 4.98 Å². The first kappa shape index (κ1) is 18.3. The third kappa shape index (κ3) is 3.06. The second kappa shape index (κ2) is 7.04. The molecule has 1 fully saturated rings. The number of benzene rings is 1. The predicted molar refractivity (Wildman–Crippen MR) is 90.0 cm³/mol. The summed E-state index contributed by atoms with van der Waals surface area (Å²) in [6, 6.07) is 7.99. The average Bonchev–Trinajstić information content (AvgIpc) is 2.87. The van der Waals surface area contributed by atoms with Crippen molar-refractivity contribution in [3.63, 3.8) is 0 Å². The zero-order chi connectivity index (χ0) is 18.9. The van der Waals surface area contributed by atoms with Crippen molar-refractivity contribution in [2.24, 2.45) is 0 Å². The van der Waals surface area contributed by atoms with Crippen LogP contribution in [-0.4, -0.2) is 56.9 Å². The number of aliphatic hydroxyl groups is 3. The van der Waals surface area contributed by atoms with Crippen molar-refractivity contribution < 1.29 is 24.8 Å². The normalized spacial score (nSPS) is 28.2. The van der Waals surface area contributed by atoms with Crippen molar-refractivity contribution in [2.75, 3.05) is 13.7 Å². The number of ether oxygens (including phenoxy) is 2. The van der Waals surface area contributed by atoms with Crippen LogP contribution in [0, 0.1) is 0 Å². The smallest absolute Gasteiger partial charge is 0.330 e. The minimum absolute atomic E-state index is 0.0116. The van der Waals surface area contributed by atoms with Crippen LogP contribution in [0.1, 0.15) is 5.56 Å². The van der Waals surface area contributed by atoms with Crippen LogP contribution >= 0.6 is 0 Å². The third-order valence-corrected chi connectivity index (χ3v) is 4.55. The quantitative estimate of drug-likeness (QED) is 0.510. The number of aromatic nitrogens is 2. The van der Waals surface area contributed by atoms with Crippen LogP contribution in [-0.2, 0) is 16.9 Å². The Balaban J connectivity index is 2.10. The van der Waals surface area contributed by atoms with Gasteiger partial charge in [-0.1, -0.05) is 12.1 Å². The highest BCUT2D eigenvalue weighted by Crippen LogP contribution is 2.37. The number of H-pyrrole nitrogens is 1. The van der Waals surface area contributed by atoms with Gasteiger partial charge < -0.3 is 24.8 Å². The minimum Gasteiger partial charge on any atom is -0.497 e. The van der Waals surface area contributed by atoms with Gasteiger partial charge in [-0.05, 0) is 17.7 Å². The average molecular weight is 364 g/mol. The van der Waals surface area contributed by atoms with Gasteiger partial charge in [-0.3, -0.25) is 14.3 Å². The first-order valence-corrected chi connectivity index (χ1v) is 8.01. The molecule has 2 heterocycles. The molecule has 26 heavy (non-hydrogen) atoms. The van der Waals surface area contributed by atoms with E-state index >= 15 is 0 Å². The van der Waals surface area contributed by atoms with Gasteiger partial charge in [-0.2, -0.15) is 0 Å². The molecule has 0 amide bonds.